The molecule has 17 heteroatoms. The van der Waals surface area contributed by atoms with Crippen molar-refractivity contribution in [3.05, 3.63) is 120 Å². The molecule has 48 heavy (non-hydrogen) atoms. The highest BCUT2D eigenvalue weighted by Gasteiger charge is 2.20. The maximum absolute atomic E-state index is 12.5. The lowest BCUT2D eigenvalue weighted by Crippen LogP contribution is -2.29. The number of alkyl halides is 2. The third-order valence-electron chi connectivity index (χ3n) is 6.51. The molecule has 0 saturated heterocycles. The molecule has 0 aliphatic rings. The first-order valence-electron chi connectivity index (χ1n) is 14.1. The zero-order chi connectivity index (χ0) is 34.9. The van der Waals surface area contributed by atoms with Gasteiger partial charge in [0, 0.05) is 12.4 Å². The average molecular weight is 700 g/mol. The number of carbonyl (C=O) groups excluding carboxylic acids is 1. The van der Waals surface area contributed by atoms with Gasteiger partial charge in [0.15, 0.2) is 5.78 Å². The summed E-state index contributed by atoms with van der Waals surface area (Å²) in [6, 6.07) is 23.8. The molecule has 0 atom stereocenters. The fourth-order valence-electron chi connectivity index (χ4n) is 4.18. The lowest BCUT2D eigenvalue weighted by Gasteiger charge is -2.22. The van der Waals surface area contributed by atoms with Crippen molar-refractivity contribution in [1.82, 2.24) is 20.2 Å². The van der Waals surface area contributed by atoms with E-state index in [9.17, 15) is 30.4 Å². The number of Topliss-reactive ketones (excluding diaryl/α,β-unsaturated/α-hetero) is 1. The predicted molar refractivity (Wildman–Crippen MR) is 175 cm³/mol. The molecule has 0 saturated carbocycles. The van der Waals surface area contributed by atoms with E-state index in [4.69, 9.17) is 10.2 Å². The molecule has 0 bridgehead atoms. The van der Waals surface area contributed by atoms with Gasteiger partial charge >= 0.3 is 6.43 Å². The van der Waals surface area contributed by atoms with Crippen LogP contribution < -0.4 is 14.3 Å². The van der Waals surface area contributed by atoms with Gasteiger partial charge in [0.05, 0.1) is 43.5 Å². The molecule has 0 spiro atoms. The second-order valence-corrected chi connectivity index (χ2v) is 14.0. The number of anilines is 2. The molecule has 2 N–H and O–H groups in total. The fourth-order valence-corrected chi connectivity index (χ4v) is 5.96. The third kappa shape index (κ3) is 9.69. The number of halogens is 2. The summed E-state index contributed by atoms with van der Waals surface area (Å²) >= 11 is 0. The molecule has 0 aliphatic carbocycles. The van der Waals surface area contributed by atoms with Crippen LogP contribution in [0.5, 0.6) is 0 Å². The Morgan fingerprint density at radius 1 is 0.750 bits per heavy atom. The maximum Gasteiger partial charge on any atom is 0.314 e. The van der Waals surface area contributed by atoms with E-state index in [2.05, 4.69) is 20.2 Å². The third-order valence-corrected chi connectivity index (χ3v) is 8.79. The Labute approximate surface area is 276 Å². The largest absolute Gasteiger partial charge is 0.414 e. The molecule has 0 unspecified atom stereocenters. The van der Waals surface area contributed by atoms with E-state index < -0.39 is 32.4 Å². The predicted octanol–water partition coefficient (Wildman–Crippen LogP) is 4.22. The zero-order valence-corrected chi connectivity index (χ0v) is 27.4. The van der Waals surface area contributed by atoms with Crippen LogP contribution in [0.1, 0.15) is 33.9 Å². The van der Waals surface area contributed by atoms with Crippen LogP contribution in [-0.4, -0.2) is 61.8 Å². The minimum absolute atomic E-state index is 0.0717. The Kier molecular flexibility index (Phi) is 11.6. The summed E-state index contributed by atoms with van der Waals surface area (Å²) in [5.41, 5.74) is 8.17. The number of pyridine rings is 2. The average Bonchev–Trinajstić information content (AvgIpc) is 3.57. The number of nitrogens with zero attached hydrogens (tertiary/aromatic N) is 6. The summed E-state index contributed by atoms with van der Waals surface area (Å²) in [4.78, 5) is 19.5. The number of rotatable bonds is 12. The van der Waals surface area contributed by atoms with Gasteiger partial charge in [-0.25, -0.2) is 16.8 Å². The molecule has 0 fully saturated rings. The number of para-hydroxylation sites is 2. The highest BCUT2D eigenvalue weighted by Crippen LogP contribution is 2.24. The molecular weight excluding hydrogens is 669 g/mol. The number of hydrogen-bond acceptors (Lipinski definition) is 11. The highest BCUT2D eigenvalue weighted by molar-refractivity contribution is 7.92. The number of aromatic nitrogens is 4. The van der Waals surface area contributed by atoms with E-state index in [1.807, 2.05) is 6.07 Å². The van der Waals surface area contributed by atoms with Crippen LogP contribution >= 0.6 is 0 Å². The number of nitrogens with two attached hydrogens (primary N) is 1. The van der Waals surface area contributed by atoms with Crippen molar-refractivity contribution in [2.75, 3.05) is 27.7 Å². The first kappa shape index (κ1) is 35.7. The molecule has 3 heterocycles. The van der Waals surface area contributed by atoms with Crippen LogP contribution in [0, 0.1) is 0 Å². The van der Waals surface area contributed by atoms with E-state index in [1.165, 1.54) is 27.1 Å². The lowest BCUT2D eigenvalue weighted by atomic mass is 10.2. The summed E-state index contributed by atoms with van der Waals surface area (Å²) in [5.74, 6) is -1.16. The van der Waals surface area contributed by atoms with Crippen molar-refractivity contribution in [3.8, 4) is 11.6 Å². The topological polar surface area (TPSA) is 183 Å². The molecule has 13 nitrogen and oxygen atoms in total. The van der Waals surface area contributed by atoms with Crippen LogP contribution in [0.15, 0.2) is 102 Å². The summed E-state index contributed by atoms with van der Waals surface area (Å²) in [7, 11) is -6.93. The minimum atomic E-state index is -3.50. The van der Waals surface area contributed by atoms with Crippen LogP contribution in [0.3, 0.4) is 0 Å². The second-order valence-electron chi connectivity index (χ2n) is 10.2. The Morgan fingerprint density at radius 3 is 1.62 bits per heavy atom. The smallest absolute Gasteiger partial charge is 0.314 e. The first-order chi connectivity index (χ1) is 22.8. The summed E-state index contributed by atoms with van der Waals surface area (Å²) in [6.07, 6.45) is 2.34. The molecule has 0 aliphatic heterocycles. The monoisotopic (exact) mass is 699 g/mol. The van der Waals surface area contributed by atoms with Gasteiger partial charge in [0.2, 0.25) is 20.0 Å². The van der Waals surface area contributed by atoms with E-state index in [1.54, 1.807) is 72.8 Å². The van der Waals surface area contributed by atoms with Gasteiger partial charge in [-0.2, -0.15) is 8.78 Å². The van der Waals surface area contributed by atoms with Gasteiger partial charge in [0.25, 0.3) is 11.8 Å². The number of carbonyl (C=O) groups is 1. The minimum Gasteiger partial charge on any atom is -0.414 e. The normalized spacial score (nSPS) is 11.5. The summed E-state index contributed by atoms with van der Waals surface area (Å²) in [5, 5.41) is 6.76. The van der Waals surface area contributed by atoms with Crippen LogP contribution in [0.2, 0.25) is 0 Å². The Balaban J connectivity index is 0.000000220. The Morgan fingerprint density at radius 2 is 1.25 bits per heavy atom. The second kappa shape index (κ2) is 15.6. The van der Waals surface area contributed by atoms with Crippen LogP contribution in [0.25, 0.3) is 11.6 Å². The molecule has 3 aromatic heterocycles. The number of hydrogen-bond donors (Lipinski definition) is 1. The van der Waals surface area contributed by atoms with Crippen LogP contribution in [0.4, 0.5) is 20.2 Å². The van der Waals surface area contributed by atoms with E-state index in [0.29, 0.717) is 22.5 Å². The fraction of sp³-hybridized carbons (Fsp3) is 0.194. The number of ketones is 1. The molecule has 0 radical (unpaired) electrons. The van der Waals surface area contributed by atoms with E-state index in [0.717, 1.165) is 12.5 Å². The van der Waals surface area contributed by atoms with E-state index >= 15 is 0 Å². The Bertz CT molecular complexity index is 2020. The molecule has 2 aromatic carbocycles. The van der Waals surface area contributed by atoms with Crippen molar-refractivity contribution < 1.29 is 34.8 Å². The highest BCUT2D eigenvalue weighted by atomic mass is 32.2. The van der Waals surface area contributed by atoms with E-state index in [-0.39, 0.29) is 42.7 Å². The summed E-state index contributed by atoms with van der Waals surface area (Å²) in [6.45, 7) is 0.112. The van der Waals surface area contributed by atoms with Crippen molar-refractivity contribution in [2.45, 2.75) is 19.5 Å². The van der Waals surface area contributed by atoms with Gasteiger partial charge in [-0.1, -0.05) is 48.5 Å². The van der Waals surface area contributed by atoms with Crippen LogP contribution in [-0.2, 0) is 33.1 Å². The van der Waals surface area contributed by atoms with Crippen molar-refractivity contribution >= 4 is 37.2 Å². The Hall–Kier alpha value is -5.13. The first-order valence-corrected chi connectivity index (χ1v) is 17.8. The lowest BCUT2D eigenvalue weighted by molar-refractivity contribution is 0.0996. The quantitative estimate of drug-likeness (QED) is 0.184. The molecule has 252 valence electrons. The van der Waals surface area contributed by atoms with Gasteiger partial charge in [-0.15, -0.1) is 10.2 Å². The van der Waals surface area contributed by atoms with Crippen molar-refractivity contribution in [1.29, 1.82) is 0 Å². The maximum atomic E-state index is 12.5. The summed E-state index contributed by atoms with van der Waals surface area (Å²) < 4.78 is 80.5. The van der Waals surface area contributed by atoms with Crippen molar-refractivity contribution in [2.24, 2.45) is 5.73 Å². The van der Waals surface area contributed by atoms with Gasteiger partial charge in [-0.05, 0) is 47.5 Å². The van der Waals surface area contributed by atoms with Crippen molar-refractivity contribution in [3.63, 3.8) is 0 Å². The zero-order valence-electron chi connectivity index (χ0n) is 25.7. The molecular formula is C31H31F2N7O6S2. The number of benzene rings is 2. The van der Waals surface area contributed by atoms with Gasteiger partial charge in [-0.3, -0.25) is 23.4 Å². The SMILES string of the molecule is CS(=O)(=O)N(Cc1ccc(-c2nnc(C(F)F)o2)nc1)c1ccccc1.CS(=O)(=O)N(Cc1ccc(C(=O)CN)nc1)c1ccccc1. The van der Waals surface area contributed by atoms with Gasteiger partial charge < -0.3 is 10.2 Å². The molecule has 5 aromatic rings. The number of sulfonamides is 2. The molecule has 0 amide bonds. The molecule has 5 rings (SSSR count). The standard InChI is InChI=1S/C16H14F2N4O3S.C15H17N3O3S/c1-26(23,24)22(12-5-3-2-4-6-12)10-11-7-8-13(19-9-11)15-20-21-16(25-15)14(17)18;1-22(20,21)18(13-5-3-2-4-6-13)11-12-7-8-14(17-10-12)15(19)9-16/h2-9,14H,10H2,1H3;2-8,10H,9,11,16H2,1H3. The van der Waals surface area contributed by atoms with Gasteiger partial charge in [0.1, 0.15) is 11.4 Å².